The van der Waals surface area contributed by atoms with Crippen LogP contribution in [-0.4, -0.2) is 0 Å². The predicted octanol–water partition coefficient (Wildman–Crippen LogP) is 9.23. The average Bonchev–Trinajstić information content (AvgIpc) is 3.54. The average molecular weight is 441 g/mol. The van der Waals surface area contributed by atoms with Gasteiger partial charge in [-0.25, -0.2) is 0 Å². The molecule has 1 nitrogen and oxygen atoms in total. The predicted molar refractivity (Wildman–Crippen MR) is 140 cm³/mol. The lowest BCUT2D eigenvalue weighted by atomic mass is 9.86. The molecule has 0 spiro atoms. The van der Waals surface area contributed by atoms with Gasteiger partial charge in [0.2, 0.25) is 0 Å². The molecule has 0 saturated heterocycles. The van der Waals surface area contributed by atoms with Crippen molar-refractivity contribution in [3.8, 4) is 22.3 Å². The first-order valence-corrected chi connectivity index (χ1v) is 9.66. The minimum atomic E-state index is -0.871. The van der Waals surface area contributed by atoms with Gasteiger partial charge in [0.15, 0.2) is 0 Å². The van der Waals surface area contributed by atoms with Gasteiger partial charge in [-0.1, -0.05) is 103 Å². The Hall–Kier alpha value is -4.36. The summed E-state index contributed by atoms with van der Waals surface area (Å²) in [4.78, 5) is 0. The van der Waals surface area contributed by atoms with Crippen LogP contribution in [0.15, 0.2) is 125 Å². The zero-order valence-corrected chi connectivity index (χ0v) is 16.4. The Labute approximate surface area is 219 Å². The third kappa shape index (κ3) is 2.73. The smallest absolute Gasteiger partial charge is 0.135 e. The summed E-state index contributed by atoms with van der Waals surface area (Å²) in [6.45, 7) is 0. The SMILES string of the molecule is [2H]c1c([2H])c([2H])c(-c2c3c([2H])c([2H])c([2H])c([2H])c3c(-c3c([2H])c([2H])c4oc5c([2H])c([2H])c([2H])c([2H])c5c4c3[2H])c3c([2H])c([2H])c([2H])c([2H])c23)c([2H])c1[2H]. The molecule has 0 aliphatic rings. The number of furan rings is 1. The minimum Gasteiger partial charge on any atom is -0.456 e. The largest absolute Gasteiger partial charge is 0.456 e. The van der Waals surface area contributed by atoms with Crippen molar-refractivity contribution in [2.24, 2.45) is 0 Å². The fourth-order valence-electron chi connectivity index (χ4n) is 3.93. The van der Waals surface area contributed by atoms with Gasteiger partial charge in [0.1, 0.15) is 11.2 Å². The zero-order valence-electron chi connectivity index (χ0n) is 36.4. The molecule has 0 amide bonds. The Bertz CT molecular complexity index is 2780. The Morgan fingerprint density at radius 1 is 0.394 bits per heavy atom. The number of fused-ring (bicyclic) bond motifs is 5. The lowest BCUT2D eigenvalue weighted by Gasteiger charge is -2.17. The van der Waals surface area contributed by atoms with Crippen LogP contribution in [0.2, 0.25) is 0 Å². The van der Waals surface area contributed by atoms with Crippen molar-refractivity contribution in [2.75, 3.05) is 0 Å². The quantitative estimate of drug-likeness (QED) is 0.244. The van der Waals surface area contributed by atoms with Crippen LogP contribution in [0, 0.1) is 0 Å². The van der Waals surface area contributed by atoms with Crippen LogP contribution in [0.25, 0.3) is 65.7 Å². The highest BCUT2D eigenvalue weighted by molar-refractivity contribution is 6.22. The first-order chi connectivity index (χ1) is 24.7. The van der Waals surface area contributed by atoms with Crippen LogP contribution >= 0.6 is 0 Å². The van der Waals surface area contributed by atoms with Gasteiger partial charge in [0.25, 0.3) is 0 Å². The molecule has 0 saturated carbocycles. The maximum Gasteiger partial charge on any atom is 0.135 e. The first-order valence-electron chi connectivity index (χ1n) is 19.7. The number of benzene rings is 6. The van der Waals surface area contributed by atoms with Crippen molar-refractivity contribution >= 4 is 43.5 Å². The molecule has 0 N–H and O–H groups in total. The van der Waals surface area contributed by atoms with Gasteiger partial charge >= 0.3 is 0 Å². The van der Waals surface area contributed by atoms with E-state index < -0.39 is 176 Å². The van der Waals surface area contributed by atoms with Gasteiger partial charge in [-0.3, -0.25) is 0 Å². The molecule has 7 aromatic rings. The van der Waals surface area contributed by atoms with E-state index in [0.29, 0.717) is 0 Å². The Morgan fingerprint density at radius 2 is 0.879 bits per heavy atom. The number of hydrogen-bond donors (Lipinski definition) is 0. The zero-order chi connectivity index (χ0) is 39.2. The molecular weight excluding hydrogens is 400 g/mol. The molecule has 0 aliphatic heterocycles. The summed E-state index contributed by atoms with van der Waals surface area (Å²) in [5.41, 5.74) is -3.35. The van der Waals surface area contributed by atoms with E-state index >= 15 is 0 Å². The maximum absolute atomic E-state index is 9.43. The molecule has 0 radical (unpaired) electrons. The molecule has 0 aliphatic carbocycles. The summed E-state index contributed by atoms with van der Waals surface area (Å²) >= 11 is 0. The lowest BCUT2D eigenvalue weighted by molar-refractivity contribution is 0.669. The van der Waals surface area contributed by atoms with Gasteiger partial charge in [-0.2, -0.15) is 0 Å². The Balaban J connectivity index is 1.91. The molecule has 0 unspecified atom stereocenters. The fraction of sp³-hybridized carbons (Fsp3) is 0. The summed E-state index contributed by atoms with van der Waals surface area (Å²) in [7, 11) is 0. The molecule has 0 bridgehead atoms. The van der Waals surface area contributed by atoms with Crippen LogP contribution < -0.4 is 0 Å². The number of para-hydroxylation sites is 1. The molecule has 1 aromatic heterocycles. The maximum atomic E-state index is 9.43. The van der Waals surface area contributed by atoms with Crippen LogP contribution in [0.1, 0.15) is 27.4 Å². The van der Waals surface area contributed by atoms with E-state index in [1.54, 1.807) is 0 Å². The van der Waals surface area contributed by atoms with Gasteiger partial charge in [0, 0.05) is 10.8 Å². The molecule has 0 atom stereocenters. The van der Waals surface area contributed by atoms with E-state index in [1.807, 2.05) is 0 Å². The third-order valence-electron chi connectivity index (χ3n) is 5.26. The highest BCUT2D eigenvalue weighted by atomic mass is 16.3. The molecule has 6 aromatic carbocycles. The molecule has 0 fully saturated rings. The Kier molecular flexibility index (Phi) is 1.57. The summed E-state index contributed by atoms with van der Waals surface area (Å²) < 4.78 is 179. The molecular formula is C32H20O. The standard InChI is InChI=1S/C32H20O/c1-2-10-21(11-3-1)31-24-13-4-6-15-26(24)32(27-16-7-5-14-25(27)31)22-18-19-30-28(20-22)23-12-8-9-17-29(23)33-30/h1-20H/i1D,2D,3D,4D,5D,6D,7D,8D,9D,10D,11D,12D,13D,14D,15D,16D,17D,18D,19D,20D. The minimum absolute atomic E-state index is 0.348. The molecule has 1 heteroatoms. The molecule has 7 rings (SSSR count). The van der Waals surface area contributed by atoms with Crippen LogP contribution in [0.3, 0.4) is 0 Å². The monoisotopic (exact) mass is 440 g/mol. The van der Waals surface area contributed by atoms with Gasteiger partial charge < -0.3 is 4.42 Å². The first kappa shape index (κ1) is 7.33. The van der Waals surface area contributed by atoms with E-state index in [2.05, 4.69) is 0 Å². The highest BCUT2D eigenvalue weighted by Gasteiger charge is 2.17. The summed E-state index contributed by atoms with van der Waals surface area (Å²) in [5.74, 6) is 0. The second kappa shape index (κ2) is 7.08. The normalized spacial score (nSPS) is 20.1. The number of rotatable bonds is 2. The van der Waals surface area contributed by atoms with E-state index in [1.165, 1.54) is 0 Å². The van der Waals surface area contributed by atoms with Crippen molar-refractivity contribution in [3.05, 3.63) is 121 Å². The van der Waals surface area contributed by atoms with Gasteiger partial charge in [0.05, 0.1) is 27.4 Å². The molecule has 154 valence electrons. The van der Waals surface area contributed by atoms with Crippen LogP contribution in [0.4, 0.5) is 0 Å². The van der Waals surface area contributed by atoms with E-state index in [0.717, 1.165) is 0 Å². The van der Waals surface area contributed by atoms with Crippen molar-refractivity contribution < 1.29 is 31.8 Å². The summed E-state index contributed by atoms with van der Waals surface area (Å²) in [6, 6.07) is -16.2. The second-order valence-corrected chi connectivity index (χ2v) is 7.01. The van der Waals surface area contributed by atoms with Gasteiger partial charge in [-0.05, 0) is 61.9 Å². The van der Waals surface area contributed by atoms with Crippen LogP contribution in [-0.2, 0) is 0 Å². The lowest BCUT2D eigenvalue weighted by Crippen LogP contribution is -1.90. The fourth-order valence-corrected chi connectivity index (χ4v) is 3.93. The van der Waals surface area contributed by atoms with Crippen LogP contribution in [0.5, 0.6) is 0 Å². The van der Waals surface area contributed by atoms with Crippen molar-refractivity contribution in [2.45, 2.75) is 0 Å². The highest BCUT2D eigenvalue weighted by Crippen LogP contribution is 2.44. The summed E-state index contributed by atoms with van der Waals surface area (Å²) in [5, 5.41) is -3.05. The molecule has 33 heavy (non-hydrogen) atoms. The van der Waals surface area contributed by atoms with E-state index in [4.69, 9.17) is 30.5 Å². The van der Waals surface area contributed by atoms with Crippen molar-refractivity contribution in [1.29, 1.82) is 0 Å². The van der Waals surface area contributed by atoms with Crippen molar-refractivity contribution in [3.63, 3.8) is 0 Å². The third-order valence-corrected chi connectivity index (χ3v) is 5.26. The topological polar surface area (TPSA) is 13.1 Å². The second-order valence-electron chi connectivity index (χ2n) is 7.01. The van der Waals surface area contributed by atoms with E-state index in [9.17, 15) is 1.37 Å². The van der Waals surface area contributed by atoms with E-state index in [-0.39, 0.29) is 10.8 Å². The Morgan fingerprint density at radius 3 is 1.52 bits per heavy atom. The number of hydrogen-bond acceptors (Lipinski definition) is 1. The molecule has 1 heterocycles. The van der Waals surface area contributed by atoms with Crippen molar-refractivity contribution in [1.82, 2.24) is 0 Å². The summed E-state index contributed by atoms with van der Waals surface area (Å²) in [6.07, 6.45) is 0. The van der Waals surface area contributed by atoms with Gasteiger partial charge in [-0.15, -0.1) is 0 Å².